The zero-order valence-electron chi connectivity index (χ0n) is 17.0. The maximum atomic E-state index is 12.9. The van der Waals surface area contributed by atoms with Crippen molar-refractivity contribution in [2.75, 3.05) is 17.2 Å². The zero-order valence-corrected chi connectivity index (χ0v) is 17.0. The lowest BCUT2D eigenvalue weighted by atomic mass is 9.97. The summed E-state index contributed by atoms with van der Waals surface area (Å²) in [6, 6.07) is 16.0. The van der Waals surface area contributed by atoms with Gasteiger partial charge in [0.15, 0.2) is 0 Å². The van der Waals surface area contributed by atoms with Gasteiger partial charge in [0, 0.05) is 18.8 Å². The highest BCUT2D eigenvalue weighted by molar-refractivity contribution is 6.04. The molecule has 1 aliphatic heterocycles. The van der Waals surface area contributed by atoms with E-state index in [2.05, 4.69) is 33.2 Å². The molecule has 31 heavy (non-hydrogen) atoms. The topological polar surface area (TPSA) is 119 Å². The summed E-state index contributed by atoms with van der Waals surface area (Å²) < 4.78 is 1.69. The van der Waals surface area contributed by atoms with E-state index < -0.39 is 6.04 Å². The number of amides is 1. The fraction of sp³-hybridized carbons (Fsp3) is 0.217. The molecule has 3 aromatic rings. The molecular formula is C23H21N7O. The Balaban J connectivity index is 1.56. The number of nitrogens with zero attached hydrogens (tertiary/aromatic N) is 4. The fourth-order valence-electron chi connectivity index (χ4n) is 3.72. The number of carbonyl (C=O) groups excluding carboxylic acids is 1. The van der Waals surface area contributed by atoms with Crippen molar-refractivity contribution in [1.82, 2.24) is 15.1 Å². The van der Waals surface area contributed by atoms with Crippen molar-refractivity contribution in [1.29, 1.82) is 10.5 Å². The van der Waals surface area contributed by atoms with E-state index in [0.29, 0.717) is 29.0 Å². The third-order valence-electron chi connectivity index (χ3n) is 5.30. The summed E-state index contributed by atoms with van der Waals surface area (Å²) in [6.45, 7) is 0.615. The normalized spacial score (nSPS) is 15.7. The Morgan fingerprint density at radius 3 is 2.68 bits per heavy atom. The Hall–Kier alpha value is -4.14. The number of aromatic nitrogens is 2. The minimum Gasteiger partial charge on any atom is -0.369 e. The number of anilines is 2. The molecular weight excluding hydrogens is 390 g/mol. The highest BCUT2D eigenvalue weighted by atomic mass is 16.2. The Bertz CT molecular complexity index is 1180. The van der Waals surface area contributed by atoms with Gasteiger partial charge in [-0.15, -0.1) is 0 Å². The van der Waals surface area contributed by atoms with Crippen molar-refractivity contribution < 1.29 is 4.79 Å². The van der Waals surface area contributed by atoms with Crippen LogP contribution in [-0.4, -0.2) is 28.3 Å². The second-order valence-electron chi connectivity index (χ2n) is 7.39. The highest BCUT2D eigenvalue weighted by Crippen LogP contribution is 2.33. The van der Waals surface area contributed by atoms with Crippen molar-refractivity contribution in [3.05, 3.63) is 77.1 Å². The average molecular weight is 411 g/mol. The van der Waals surface area contributed by atoms with Gasteiger partial charge in [-0.05, 0) is 42.8 Å². The molecule has 1 aliphatic rings. The third-order valence-corrected chi connectivity index (χ3v) is 5.30. The molecule has 2 aromatic carbocycles. The molecule has 2 atom stereocenters. The van der Waals surface area contributed by atoms with Gasteiger partial charge in [0.05, 0.1) is 40.8 Å². The fourth-order valence-corrected chi connectivity index (χ4v) is 3.72. The second-order valence-corrected chi connectivity index (χ2v) is 7.39. The maximum Gasteiger partial charge on any atom is 0.248 e. The number of para-hydroxylation sites is 1. The number of benzene rings is 2. The van der Waals surface area contributed by atoms with Crippen LogP contribution in [0, 0.1) is 22.7 Å². The van der Waals surface area contributed by atoms with Gasteiger partial charge in [0.25, 0.3) is 0 Å². The van der Waals surface area contributed by atoms with E-state index in [1.165, 1.54) is 0 Å². The van der Waals surface area contributed by atoms with E-state index in [9.17, 15) is 10.1 Å². The number of aryl methyl sites for hydroxylation is 1. The quantitative estimate of drug-likeness (QED) is 0.573. The van der Waals surface area contributed by atoms with Crippen LogP contribution in [0.3, 0.4) is 0 Å². The lowest BCUT2D eigenvalue weighted by molar-refractivity contribution is -0.117. The molecule has 0 spiro atoms. The maximum absolute atomic E-state index is 12.9. The minimum atomic E-state index is -0.618. The van der Waals surface area contributed by atoms with Gasteiger partial charge >= 0.3 is 0 Å². The van der Waals surface area contributed by atoms with Crippen LogP contribution in [0.2, 0.25) is 0 Å². The first-order valence-electron chi connectivity index (χ1n) is 9.90. The third kappa shape index (κ3) is 4.25. The summed E-state index contributed by atoms with van der Waals surface area (Å²) in [6.07, 6.45) is 4.34. The molecule has 1 aromatic heterocycles. The Morgan fingerprint density at radius 2 is 2.00 bits per heavy atom. The van der Waals surface area contributed by atoms with E-state index >= 15 is 0 Å². The largest absolute Gasteiger partial charge is 0.369 e. The summed E-state index contributed by atoms with van der Waals surface area (Å²) in [5, 5.41) is 32.3. The van der Waals surface area contributed by atoms with Crippen molar-refractivity contribution in [2.24, 2.45) is 7.05 Å². The molecule has 0 aliphatic carbocycles. The molecule has 2 heterocycles. The van der Waals surface area contributed by atoms with E-state index in [0.717, 1.165) is 17.5 Å². The average Bonchev–Trinajstić information content (AvgIpc) is 3.22. The van der Waals surface area contributed by atoms with Gasteiger partial charge in [0.1, 0.15) is 12.1 Å². The van der Waals surface area contributed by atoms with Crippen molar-refractivity contribution >= 4 is 17.3 Å². The predicted octanol–water partition coefficient (Wildman–Crippen LogP) is 2.47. The molecule has 0 fully saturated rings. The first-order valence-corrected chi connectivity index (χ1v) is 9.90. The van der Waals surface area contributed by atoms with Crippen LogP contribution in [0.4, 0.5) is 11.4 Å². The van der Waals surface area contributed by atoms with E-state index in [4.69, 9.17) is 5.26 Å². The molecule has 0 unspecified atom stereocenters. The first-order chi connectivity index (χ1) is 15.1. The van der Waals surface area contributed by atoms with Crippen LogP contribution in [0.1, 0.15) is 28.3 Å². The van der Waals surface area contributed by atoms with Crippen molar-refractivity contribution in [3.63, 3.8) is 0 Å². The number of nitriles is 2. The Morgan fingerprint density at radius 1 is 1.19 bits per heavy atom. The molecule has 3 N–H and O–H groups in total. The van der Waals surface area contributed by atoms with Crippen LogP contribution in [0.15, 0.2) is 54.9 Å². The van der Waals surface area contributed by atoms with E-state index in [-0.39, 0.29) is 11.9 Å². The molecule has 0 saturated carbocycles. The van der Waals surface area contributed by atoms with Gasteiger partial charge in [0.2, 0.25) is 5.91 Å². The zero-order chi connectivity index (χ0) is 21.8. The molecule has 8 nitrogen and oxygen atoms in total. The predicted molar refractivity (Wildman–Crippen MR) is 116 cm³/mol. The van der Waals surface area contributed by atoms with Crippen LogP contribution in [-0.2, 0) is 18.3 Å². The van der Waals surface area contributed by atoms with Crippen LogP contribution in [0.5, 0.6) is 0 Å². The van der Waals surface area contributed by atoms with Crippen LogP contribution in [0.25, 0.3) is 0 Å². The second kappa shape index (κ2) is 8.70. The van der Waals surface area contributed by atoms with Crippen LogP contribution < -0.4 is 16.0 Å². The SMILES string of the molecule is Cn1cc([C@H](NCCc2ccc(C#N)cc2)[C@@H]2Nc3c(C#N)cccc3NC2=O)cn1. The smallest absolute Gasteiger partial charge is 0.248 e. The number of carbonyl (C=O) groups is 1. The van der Waals surface area contributed by atoms with Gasteiger partial charge in [-0.1, -0.05) is 18.2 Å². The number of fused-ring (bicyclic) bond motifs is 1. The highest BCUT2D eigenvalue weighted by Gasteiger charge is 2.35. The molecule has 4 rings (SSSR count). The van der Waals surface area contributed by atoms with E-state index in [1.54, 1.807) is 41.2 Å². The molecule has 154 valence electrons. The van der Waals surface area contributed by atoms with Gasteiger partial charge in [-0.3, -0.25) is 9.48 Å². The van der Waals surface area contributed by atoms with Gasteiger partial charge in [-0.2, -0.15) is 15.6 Å². The molecule has 0 bridgehead atoms. The summed E-state index contributed by atoms with van der Waals surface area (Å²) >= 11 is 0. The Kier molecular flexibility index (Phi) is 5.65. The standard InChI is InChI=1S/C23H21N7O/c1-30-14-18(13-27-30)21(26-10-9-15-5-7-16(11-24)8-6-15)22-23(31)28-19-4-2-3-17(12-25)20(19)29-22/h2-8,13-14,21-22,26,29H,9-10H2,1H3,(H,28,31)/t21-,22-/m0/s1. The van der Waals surface area contributed by atoms with Gasteiger partial charge in [-0.25, -0.2) is 0 Å². The van der Waals surface area contributed by atoms with Crippen molar-refractivity contribution in [2.45, 2.75) is 18.5 Å². The number of nitrogens with one attached hydrogen (secondary N) is 3. The number of hydrogen-bond acceptors (Lipinski definition) is 6. The molecule has 8 heteroatoms. The summed E-state index contributed by atoms with van der Waals surface area (Å²) in [7, 11) is 1.83. The number of rotatable bonds is 6. The molecule has 1 amide bonds. The minimum absolute atomic E-state index is 0.178. The summed E-state index contributed by atoms with van der Waals surface area (Å²) in [5.41, 5.74) is 4.28. The van der Waals surface area contributed by atoms with Gasteiger partial charge < -0.3 is 16.0 Å². The summed E-state index contributed by atoms with van der Waals surface area (Å²) in [5.74, 6) is -0.178. The lowest BCUT2D eigenvalue weighted by Gasteiger charge is -2.33. The Labute approximate surface area is 180 Å². The van der Waals surface area contributed by atoms with E-state index in [1.807, 2.05) is 25.4 Å². The monoisotopic (exact) mass is 411 g/mol. The van der Waals surface area contributed by atoms with Crippen LogP contribution >= 0.6 is 0 Å². The van der Waals surface area contributed by atoms with Crippen molar-refractivity contribution in [3.8, 4) is 12.1 Å². The lowest BCUT2D eigenvalue weighted by Crippen LogP contribution is -2.48. The first kappa shape index (κ1) is 20.1. The number of hydrogen-bond donors (Lipinski definition) is 3. The molecule has 0 radical (unpaired) electrons. The molecule has 0 saturated heterocycles. The summed E-state index contributed by atoms with van der Waals surface area (Å²) in [4.78, 5) is 12.9.